The van der Waals surface area contributed by atoms with Crippen molar-refractivity contribution in [3.63, 3.8) is 0 Å². The number of nitrogens with one attached hydrogen (secondary N) is 1. The number of carbonyl (C=O) groups is 1. The van der Waals surface area contributed by atoms with E-state index in [1.165, 1.54) is 49.6 Å². The van der Waals surface area contributed by atoms with Gasteiger partial charge in [-0.1, -0.05) is 11.6 Å². The molecule has 0 aliphatic carbocycles. The van der Waals surface area contributed by atoms with Crippen LogP contribution in [-0.4, -0.2) is 21.8 Å². The summed E-state index contributed by atoms with van der Waals surface area (Å²) >= 11 is 5.74. The maximum Gasteiger partial charge on any atom is 0.262 e. The van der Waals surface area contributed by atoms with Crippen LogP contribution in [0.4, 0.5) is 5.69 Å². The lowest BCUT2D eigenvalue weighted by Crippen LogP contribution is -2.13. The van der Waals surface area contributed by atoms with Gasteiger partial charge in [0.05, 0.1) is 17.7 Å². The number of ether oxygens (including phenoxy) is 1. The maximum atomic E-state index is 12.3. The lowest BCUT2D eigenvalue weighted by molar-refractivity contribution is 0.112. The van der Waals surface area contributed by atoms with Crippen molar-refractivity contribution in [1.29, 1.82) is 0 Å². The molecular formula is C14H12ClNO4S. The zero-order valence-corrected chi connectivity index (χ0v) is 12.6. The van der Waals surface area contributed by atoms with E-state index >= 15 is 0 Å². The van der Waals surface area contributed by atoms with Crippen LogP contribution in [-0.2, 0) is 10.0 Å². The third kappa shape index (κ3) is 3.53. The van der Waals surface area contributed by atoms with Crippen LogP contribution >= 0.6 is 11.6 Å². The molecule has 0 amide bonds. The Morgan fingerprint density at radius 1 is 1.14 bits per heavy atom. The number of sulfonamides is 1. The highest BCUT2D eigenvalue weighted by molar-refractivity contribution is 7.92. The second kappa shape index (κ2) is 6.15. The Labute approximate surface area is 127 Å². The molecule has 110 valence electrons. The lowest BCUT2D eigenvalue weighted by Gasteiger charge is -2.12. The summed E-state index contributed by atoms with van der Waals surface area (Å²) in [7, 11) is -2.38. The molecule has 0 radical (unpaired) electrons. The summed E-state index contributed by atoms with van der Waals surface area (Å²) in [4.78, 5) is 10.9. The molecule has 21 heavy (non-hydrogen) atoms. The van der Waals surface area contributed by atoms with Crippen LogP contribution in [0, 0.1) is 0 Å². The Bertz CT molecular complexity index is 757. The normalized spacial score (nSPS) is 11.0. The summed E-state index contributed by atoms with van der Waals surface area (Å²) in [5, 5.41) is 0.439. The van der Waals surface area contributed by atoms with Gasteiger partial charge >= 0.3 is 0 Å². The van der Waals surface area contributed by atoms with Crippen LogP contribution in [0.5, 0.6) is 5.75 Å². The van der Waals surface area contributed by atoms with E-state index < -0.39 is 10.0 Å². The molecule has 5 nitrogen and oxygen atoms in total. The van der Waals surface area contributed by atoms with Gasteiger partial charge in [-0.3, -0.25) is 9.52 Å². The fourth-order valence-electron chi connectivity index (χ4n) is 1.70. The first-order valence-electron chi connectivity index (χ1n) is 5.88. The molecule has 0 aliphatic rings. The van der Waals surface area contributed by atoms with Gasteiger partial charge in [0, 0.05) is 10.6 Å². The highest BCUT2D eigenvalue weighted by Gasteiger charge is 2.16. The van der Waals surface area contributed by atoms with Crippen molar-refractivity contribution in [2.75, 3.05) is 11.8 Å². The second-order valence-electron chi connectivity index (χ2n) is 4.14. The maximum absolute atomic E-state index is 12.3. The molecule has 2 aromatic rings. The van der Waals surface area contributed by atoms with E-state index in [1.807, 2.05) is 0 Å². The second-order valence-corrected chi connectivity index (χ2v) is 6.26. The van der Waals surface area contributed by atoms with Crippen LogP contribution in [0.15, 0.2) is 47.4 Å². The van der Waals surface area contributed by atoms with Gasteiger partial charge in [-0.2, -0.15) is 0 Å². The number of hydrogen-bond acceptors (Lipinski definition) is 4. The molecule has 0 aliphatic heterocycles. The van der Waals surface area contributed by atoms with E-state index in [1.54, 1.807) is 0 Å². The Balaban J connectivity index is 2.40. The minimum Gasteiger partial charge on any atom is -0.495 e. The van der Waals surface area contributed by atoms with E-state index in [0.29, 0.717) is 22.6 Å². The summed E-state index contributed by atoms with van der Waals surface area (Å²) < 4.78 is 32.0. The molecule has 0 heterocycles. The lowest BCUT2D eigenvalue weighted by atomic mass is 10.2. The van der Waals surface area contributed by atoms with E-state index in [9.17, 15) is 13.2 Å². The van der Waals surface area contributed by atoms with Gasteiger partial charge in [0.15, 0.2) is 0 Å². The highest BCUT2D eigenvalue weighted by Crippen LogP contribution is 2.27. The first-order chi connectivity index (χ1) is 9.96. The molecule has 2 aromatic carbocycles. The van der Waals surface area contributed by atoms with Crippen molar-refractivity contribution in [2.24, 2.45) is 0 Å². The first kappa shape index (κ1) is 15.3. The fourth-order valence-corrected chi connectivity index (χ4v) is 2.88. The molecule has 0 aromatic heterocycles. The summed E-state index contributed by atoms with van der Waals surface area (Å²) in [5.74, 6) is 0.318. The minimum atomic E-state index is -3.79. The molecule has 0 unspecified atom stereocenters. The number of carbonyl (C=O) groups excluding carboxylic acids is 1. The van der Waals surface area contributed by atoms with Crippen LogP contribution in [0.2, 0.25) is 5.02 Å². The van der Waals surface area contributed by atoms with Crippen LogP contribution in [0.25, 0.3) is 0 Å². The number of hydrogen-bond donors (Lipinski definition) is 1. The Morgan fingerprint density at radius 3 is 2.38 bits per heavy atom. The van der Waals surface area contributed by atoms with Gasteiger partial charge in [-0.15, -0.1) is 0 Å². The number of rotatable bonds is 5. The van der Waals surface area contributed by atoms with E-state index in [0.717, 1.165) is 0 Å². The summed E-state index contributed by atoms with van der Waals surface area (Å²) in [6.07, 6.45) is 0.625. The van der Waals surface area contributed by atoms with Crippen molar-refractivity contribution < 1.29 is 17.9 Å². The topological polar surface area (TPSA) is 72.5 Å². The van der Waals surface area contributed by atoms with Crippen molar-refractivity contribution in [1.82, 2.24) is 0 Å². The van der Waals surface area contributed by atoms with Gasteiger partial charge in [0.25, 0.3) is 10.0 Å². The third-order valence-electron chi connectivity index (χ3n) is 2.73. The largest absolute Gasteiger partial charge is 0.495 e. The van der Waals surface area contributed by atoms with E-state index in [2.05, 4.69) is 4.72 Å². The van der Waals surface area contributed by atoms with Crippen LogP contribution < -0.4 is 9.46 Å². The molecule has 0 bridgehead atoms. The number of halogens is 1. The van der Waals surface area contributed by atoms with Crippen LogP contribution in [0.3, 0.4) is 0 Å². The zero-order chi connectivity index (χ0) is 15.5. The average molecular weight is 326 g/mol. The Kier molecular flexibility index (Phi) is 4.50. The van der Waals surface area contributed by atoms with Gasteiger partial charge in [0.1, 0.15) is 12.0 Å². The number of aldehydes is 1. The molecule has 0 spiro atoms. The molecule has 1 N–H and O–H groups in total. The molecule has 7 heteroatoms. The molecule has 0 saturated heterocycles. The number of methoxy groups -OCH3 is 1. The summed E-state index contributed by atoms with van der Waals surface area (Å²) in [6.45, 7) is 0. The van der Waals surface area contributed by atoms with E-state index in [4.69, 9.17) is 16.3 Å². The van der Waals surface area contributed by atoms with Gasteiger partial charge in [-0.05, 0) is 42.5 Å². The third-order valence-corrected chi connectivity index (χ3v) is 4.36. The number of anilines is 1. The standard InChI is InChI=1S/C14H12ClNO4S/c1-20-14-7-2-10(9-17)8-13(14)16-21(18,19)12-5-3-11(15)4-6-12/h2-9,16H,1H3. The van der Waals surface area contributed by atoms with Crippen LogP contribution in [0.1, 0.15) is 10.4 Å². The van der Waals surface area contributed by atoms with Crippen molar-refractivity contribution in [2.45, 2.75) is 4.90 Å². The SMILES string of the molecule is COc1ccc(C=O)cc1NS(=O)(=O)c1ccc(Cl)cc1. The summed E-state index contributed by atoms with van der Waals surface area (Å²) in [5.41, 5.74) is 0.529. The highest BCUT2D eigenvalue weighted by atomic mass is 35.5. The van der Waals surface area contributed by atoms with Gasteiger partial charge < -0.3 is 4.74 Å². The zero-order valence-electron chi connectivity index (χ0n) is 11.0. The Morgan fingerprint density at radius 2 is 1.81 bits per heavy atom. The van der Waals surface area contributed by atoms with Crippen molar-refractivity contribution in [3.8, 4) is 5.75 Å². The predicted octanol–water partition coefficient (Wildman–Crippen LogP) is 2.96. The molecule has 2 rings (SSSR count). The number of benzene rings is 2. The quantitative estimate of drug-likeness (QED) is 0.858. The molecule has 0 atom stereocenters. The smallest absolute Gasteiger partial charge is 0.262 e. The predicted molar refractivity (Wildman–Crippen MR) is 80.6 cm³/mol. The van der Waals surface area contributed by atoms with Crippen molar-refractivity contribution in [3.05, 3.63) is 53.1 Å². The minimum absolute atomic E-state index is 0.0606. The average Bonchev–Trinajstić information content (AvgIpc) is 2.47. The van der Waals surface area contributed by atoms with Crippen molar-refractivity contribution >= 4 is 33.6 Å². The van der Waals surface area contributed by atoms with E-state index in [-0.39, 0.29) is 10.6 Å². The molecule has 0 saturated carbocycles. The molecular weight excluding hydrogens is 314 g/mol. The molecule has 0 fully saturated rings. The summed E-state index contributed by atoms with van der Waals surface area (Å²) in [6, 6.07) is 10.2. The Hall–Kier alpha value is -2.05. The van der Waals surface area contributed by atoms with Gasteiger partial charge in [0.2, 0.25) is 0 Å². The van der Waals surface area contributed by atoms with Gasteiger partial charge in [-0.25, -0.2) is 8.42 Å². The first-order valence-corrected chi connectivity index (χ1v) is 7.74. The fraction of sp³-hybridized carbons (Fsp3) is 0.0714. The monoisotopic (exact) mass is 325 g/mol.